The lowest BCUT2D eigenvalue weighted by molar-refractivity contribution is 0.593. The first-order valence-corrected chi connectivity index (χ1v) is 7.76. The fourth-order valence-corrected chi connectivity index (χ4v) is 2.78. The van der Waals surface area contributed by atoms with Gasteiger partial charge in [-0.05, 0) is 80.1 Å². The summed E-state index contributed by atoms with van der Waals surface area (Å²) in [7, 11) is 0. The summed E-state index contributed by atoms with van der Waals surface area (Å²) in [6.07, 6.45) is 4.97. The number of pyridine rings is 1. The highest BCUT2D eigenvalue weighted by molar-refractivity contribution is 5.43. The molecule has 2 aromatic rings. The molecule has 0 fully saturated rings. The number of nitrogens with one attached hydrogen (secondary N) is 1. The summed E-state index contributed by atoms with van der Waals surface area (Å²) in [6, 6.07) is 7.00. The maximum atomic E-state index is 4.23. The van der Waals surface area contributed by atoms with Gasteiger partial charge in [0, 0.05) is 12.4 Å². The second-order valence-corrected chi connectivity index (χ2v) is 5.91. The van der Waals surface area contributed by atoms with Gasteiger partial charge in [-0.25, -0.2) is 0 Å². The molecule has 0 saturated carbocycles. The van der Waals surface area contributed by atoms with Gasteiger partial charge in [0.2, 0.25) is 0 Å². The number of hydrogen-bond acceptors (Lipinski definition) is 2. The van der Waals surface area contributed by atoms with Crippen LogP contribution in [0.3, 0.4) is 0 Å². The molecule has 0 spiro atoms. The molecule has 0 saturated heterocycles. The monoisotopic (exact) mass is 282 g/mol. The van der Waals surface area contributed by atoms with Crippen molar-refractivity contribution in [3.8, 4) is 0 Å². The van der Waals surface area contributed by atoms with Crippen molar-refractivity contribution >= 4 is 0 Å². The van der Waals surface area contributed by atoms with Gasteiger partial charge < -0.3 is 5.32 Å². The lowest BCUT2D eigenvalue weighted by Gasteiger charge is -2.24. The van der Waals surface area contributed by atoms with Gasteiger partial charge in [-0.1, -0.05) is 19.1 Å². The van der Waals surface area contributed by atoms with E-state index in [1.54, 1.807) is 0 Å². The van der Waals surface area contributed by atoms with E-state index in [0.29, 0.717) is 0 Å². The Morgan fingerprint density at radius 3 is 2.33 bits per heavy atom. The fourth-order valence-electron chi connectivity index (χ4n) is 2.78. The second kappa shape index (κ2) is 6.86. The van der Waals surface area contributed by atoms with Crippen LogP contribution in [0, 0.1) is 27.7 Å². The lowest BCUT2D eigenvalue weighted by atomic mass is 9.90. The van der Waals surface area contributed by atoms with Crippen LogP contribution in [0.25, 0.3) is 0 Å². The normalized spacial score (nSPS) is 12.4. The molecule has 0 aliphatic carbocycles. The second-order valence-electron chi connectivity index (χ2n) is 5.91. The average Bonchev–Trinajstić information content (AvgIpc) is 2.46. The third-order valence-electron chi connectivity index (χ3n) is 4.17. The van der Waals surface area contributed by atoms with Gasteiger partial charge >= 0.3 is 0 Å². The Labute approximate surface area is 128 Å². The van der Waals surface area contributed by atoms with Crippen LogP contribution in [0.5, 0.6) is 0 Å². The van der Waals surface area contributed by atoms with Gasteiger partial charge in [0.15, 0.2) is 0 Å². The predicted octanol–water partition coefficient (Wildman–Crippen LogP) is 4.40. The highest BCUT2D eigenvalue weighted by atomic mass is 14.9. The molecular weight excluding hydrogens is 256 g/mol. The van der Waals surface area contributed by atoms with Crippen molar-refractivity contribution in [2.24, 2.45) is 0 Å². The van der Waals surface area contributed by atoms with Gasteiger partial charge in [0.1, 0.15) is 0 Å². The average molecular weight is 282 g/mol. The van der Waals surface area contributed by atoms with Gasteiger partial charge in [0.05, 0.1) is 6.04 Å². The quantitative estimate of drug-likeness (QED) is 0.879. The van der Waals surface area contributed by atoms with Crippen molar-refractivity contribution in [2.75, 3.05) is 6.54 Å². The fraction of sp³-hybridized carbons (Fsp3) is 0.421. The standard InChI is InChI=1S/C19H26N2/c1-6-8-21-19(17-7-9-20-12-16(17)5)18-11-14(3)13(2)10-15(18)4/h7,9-12,19,21H,6,8H2,1-5H3. The van der Waals surface area contributed by atoms with Crippen LogP contribution >= 0.6 is 0 Å². The summed E-state index contributed by atoms with van der Waals surface area (Å²) in [4.78, 5) is 4.23. The Morgan fingerprint density at radius 2 is 1.67 bits per heavy atom. The van der Waals surface area contributed by atoms with E-state index in [9.17, 15) is 0 Å². The minimum absolute atomic E-state index is 0.243. The van der Waals surface area contributed by atoms with Crippen molar-refractivity contribution in [1.29, 1.82) is 0 Å². The first kappa shape index (κ1) is 15.7. The van der Waals surface area contributed by atoms with Crippen LogP contribution < -0.4 is 5.32 Å². The minimum Gasteiger partial charge on any atom is -0.306 e. The SMILES string of the molecule is CCCNC(c1ccncc1C)c1cc(C)c(C)cc1C. The van der Waals surface area contributed by atoms with Crippen LogP contribution in [0.1, 0.15) is 52.8 Å². The number of nitrogens with zero attached hydrogens (tertiary/aromatic N) is 1. The molecule has 2 nitrogen and oxygen atoms in total. The Bertz CT molecular complexity index is 617. The first-order valence-electron chi connectivity index (χ1n) is 7.76. The van der Waals surface area contributed by atoms with E-state index in [1.165, 1.54) is 33.4 Å². The zero-order valence-electron chi connectivity index (χ0n) is 13.8. The molecule has 0 aliphatic heterocycles. The highest BCUT2D eigenvalue weighted by Gasteiger charge is 2.18. The van der Waals surface area contributed by atoms with Crippen molar-refractivity contribution in [2.45, 2.75) is 47.1 Å². The van der Waals surface area contributed by atoms with Gasteiger partial charge in [-0.2, -0.15) is 0 Å². The Kier molecular flexibility index (Phi) is 5.13. The van der Waals surface area contributed by atoms with E-state index < -0.39 is 0 Å². The molecule has 1 aromatic carbocycles. The summed E-state index contributed by atoms with van der Waals surface area (Å²) in [6.45, 7) is 11.9. The van der Waals surface area contributed by atoms with E-state index in [4.69, 9.17) is 0 Å². The molecule has 0 bridgehead atoms. The van der Waals surface area contributed by atoms with Crippen molar-refractivity contribution in [3.63, 3.8) is 0 Å². The van der Waals surface area contributed by atoms with Crippen LogP contribution in [0.15, 0.2) is 30.6 Å². The van der Waals surface area contributed by atoms with Gasteiger partial charge in [-0.3, -0.25) is 4.98 Å². The van der Waals surface area contributed by atoms with Crippen molar-refractivity contribution in [1.82, 2.24) is 10.3 Å². The number of rotatable bonds is 5. The predicted molar refractivity (Wildman–Crippen MR) is 89.8 cm³/mol. The molecule has 0 amide bonds. The number of aryl methyl sites for hydroxylation is 4. The van der Waals surface area contributed by atoms with E-state index in [2.05, 4.69) is 63.1 Å². The van der Waals surface area contributed by atoms with Crippen LogP contribution in [0.4, 0.5) is 0 Å². The molecule has 1 atom stereocenters. The summed E-state index contributed by atoms with van der Waals surface area (Å²) < 4.78 is 0. The summed E-state index contributed by atoms with van der Waals surface area (Å²) in [5.74, 6) is 0. The maximum Gasteiger partial charge on any atom is 0.0583 e. The largest absolute Gasteiger partial charge is 0.306 e. The zero-order valence-corrected chi connectivity index (χ0v) is 13.8. The molecule has 1 N–H and O–H groups in total. The van der Waals surface area contributed by atoms with Crippen LogP contribution in [-0.4, -0.2) is 11.5 Å². The maximum absolute atomic E-state index is 4.23. The molecule has 2 rings (SSSR count). The molecule has 1 unspecified atom stereocenters. The molecule has 112 valence electrons. The van der Waals surface area contributed by atoms with Crippen molar-refractivity contribution in [3.05, 3.63) is 64.0 Å². The van der Waals surface area contributed by atoms with Gasteiger partial charge in [0.25, 0.3) is 0 Å². The van der Waals surface area contributed by atoms with Crippen LogP contribution in [0.2, 0.25) is 0 Å². The van der Waals surface area contributed by atoms with Crippen LogP contribution in [-0.2, 0) is 0 Å². The molecule has 0 aliphatic rings. The topological polar surface area (TPSA) is 24.9 Å². The Balaban J connectivity index is 2.51. The molecule has 21 heavy (non-hydrogen) atoms. The van der Waals surface area contributed by atoms with E-state index in [0.717, 1.165) is 13.0 Å². The lowest BCUT2D eigenvalue weighted by Crippen LogP contribution is -2.25. The van der Waals surface area contributed by atoms with E-state index in [1.807, 2.05) is 12.4 Å². The molecule has 0 radical (unpaired) electrons. The number of aromatic nitrogens is 1. The number of hydrogen-bond donors (Lipinski definition) is 1. The summed E-state index contributed by atoms with van der Waals surface area (Å²) in [5, 5.41) is 3.70. The molecular formula is C19H26N2. The van der Waals surface area contributed by atoms with E-state index in [-0.39, 0.29) is 6.04 Å². The molecule has 1 heterocycles. The number of benzene rings is 1. The molecule has 2 heteroatoms. The minimum atomic E-state index is 0.243. The summed E-state index contributed by atoms with van der Waals surface area (Å²) in [5.41, 5.74) is 8.00. The van der Waals surface area contributed by atoms with Gasteiger partial charge in [-0.15, -0.1) is 0 Å². The van der Waals surface area contributed by atoms with E-state index >= 15 is 0 Å². The summed E-state index contributed by atoms with van der Waals surface area (Å²) >= 11 is 0. The third kappa shape index (κ3) is 3.51. The first-order chi connectivity index (χ1) is 10.0. The molecule has 1 aromatic heterocycles. The smallest absolute Gasteiger partial charge is 0.0583 e. The third-order valence-corrected chi connectivity index (χ3v) is 4.17. The highest BCUT2D eigenvalue weighted by Crippen LogP contribution is 2.28. The Morgan fingerprint density at radius 1 is 0.952 bits per heavy atom. The van der Waals surface area contributed by atoms with Crippen molar-refractivity contribution < 1.29 is 0 Å². The zero-order chi connectivity index (χ0) is 15.4. The Hall–Kier alpha value is -1.67.